The van der Waals surface area contributed by atoms with Crippen LogP contribution in [-0.4, -0.2) is 29.8 Å². The molecule has 1 saturated heterocycles. The molecule has 0 radical (unpaired) electrons. The van der Waals surface area contributed by atoms with E-state index in [0.29, 0.717) is 24.6 Å². The highest BCUT2D eigenvalue weighted by atomic mass is 16.3. The van der Waals surface area contributed by atoms with Crippen molar-refractivity contribution in [3.8, 4) is 0 Å². The number of amides is 2. The van der Waals surface area contributed by atoms with Gasteiger partial charge in [-0.05, 0) is 42.5 Å². The van der Waals surface area contributed by atoms with Crippen LogP contribution in [0.3, 0.4) is 0 Å². The van der Waals surface area contributed by atoms with E-state index in [1.54, 1.807) is 11.0 Å². The quantitative estimate of drug-likeness (QED) is 0.918. The van der Waals surface area contributed by atoms with Crippen LogP contribution in [-0.2, 0) is 4.79 Å². The molecular formula is C20H24N2O3. The number of carbonyl (C=O) groups is 2. The molecule has 0 unspecified atom stereocenters. The molecule has 1 aromatic heterocycles. The Morgan fingerprint density at radius 1 is 1.20 bits per heavy atom. The van der Waals surface area contributed by atoms with Crippen molar-refractivity contribution in [3.63, 3.8) is 0 Å². The molecular weight excluding hydrogens is 316 g/mol. The summed E-state index contributed by atoms with van der Waals surface area (Å²) in [5, 5.41) is 2.98. The SMILES string of the molecule is CC(C)c1ccc(NC(=O)[C@H]2CCCN(C(=O)c3ccoc3)C2)cc1. The Kier molecular flexibility index (Phi) is 5.22. The molecule has 0 spiro atoms. The number of nitrogens with zero attached hydrogens (tertiary/aromatic N) is 1. The zero-order chi connectivity index (χ0) is 17.8. The fraction of sp³-hybridized carbons (Fsp3) is 0.400. The number of furan rings is 1. The lowest BCUT2D eigenvalue weighted by atomic mass is 9.96. The molecule has 5 heteroatoms. The zero-order valence-corrected chi connectivity index (χ0v) is 14.7. The van der Waals surface area contributed by atoms with Gasteiger partial charge in [0.15, 0.2) is 0 Å². The molecule has 132 valence electrons. The van der Waals surface area contributed by atoms with Gasteiger partial charge in [0, 0.05) is 18.8 Å². The van der Waals surface area contributed by atoms with Crippen LogP contribution in [0, 0.1) is 5.92 Å². The average molecular weight is 340 g/mol. The number of nitrogens with one attached hydrogen (secondary N) is 1. The lowest BCUT2D eigenvalue weighted by Gasteiger charge is -2.31. The van der Waals surface area contributed by atoms with Gasteiger partial charge < -0.3 is 14.6 Å². The van der Waals surface area contributed by atoms with Gasteiger partial charge in [-0.25, -0.2) is 0 Å². The van der Waals surface area contributed by atoms with Gasteiger partial charge in [-0.15, -0.1) is 0 Å². The molecule has 1 aliphatic heterocycles. The van der Waals surface area contributed by atoms with Gasteiger partial charge in [-0.3, -0.25) is 9.59 Å². The molecule has 1 aliphatic rings. The summed E-state index contributed by atoms with van der Waals surface area (Å²) in [5.74, 6) is 0.175. The Hall–Kier alpha value is -2.56. The zero-order valence-electron chi connectivity index (χ0n) is 14.7. The standard InChI is InChI=1S/C20H24N2O3/c1-14(2)15-5-7-18(8-6-15)21-19(23)16-4-3-10-22(12-16)20(24)17-9-11-25-13-17/h5-9,11,13-14,16H,3-4,10,12H2,1-2H3,(H,21,23)/t16-/m0/s1. The Morgan fingerprint density at radius 2 is 1.96 bits per heavy atom. The number of benzene rings is 1. The molecule has 3 rings (SSSR count). The maximum atomic E-state index is 12.6. The summed E-state index contributed by atoms with van der Waals surface area (Å²) >= 11 is 0. The highest BCUT2D eigenvalue weighted by Gasteiger charge is 2.29. The van der Waals surface area contributed by atoms with Gasteiger partial charge in [0.05, 0.1) is 17.7 Å². The van der Waals surface area contributed by atoms with Crippen LogP contribution in [0.1, 0.15) is 48.5 Å². The van der Waals surface area contributed by atoms with E-state index in [-0.39, 0.29) is 17.7 Å². The summed E-state index contributed by atoms with van der Waals surface area (Å²) in [6, 6.07) is 9.60. The molecule has 1 aromatic carbocycles. The third-order valence-corrected chi connectivity index (χ3v) is 4.69. The molecule has 2 aromatic rings. The van der Waals surface area contributed by atoms with Gasteiger partial charge >= 0.3 is 0 Å². The predicted molar refractivity (Wildman–Crippen MR) is 96.5 cm³/mol. The number of hydrogen-bond donors (Lipinski definition) is 1. The van der Waals surface area contributed by atoms with Crippen molar-refractivity contribution in [2.45, 2.75) is 32.6 Å². The molecule has 25 heavy (non-hydrogen) atoms. The van der Waals surface area contributed by atoms with E-state index in [9.17, 15) is 9.59 Å². The van der Waals surface area contributed by atoms with Gasteiger partial charge in [0.25, 0.3) is 5.91 Å². The van der Waals surface area contributed by atoms with Gasteiger partial charge in [-0.2, -0.15) is 0 Å². The molecule has 0 bridgehead atoms. The van der Waals surface area contributed by atoms with E-state index < -0.39 is 0 Å². The van der Waals surface area contributed by atoms with Crippen LogP contribution in [0.5, 0.6) is 0 Å². The van der Waals surface area contributed by atoms with E-state index in [0.717, 1.165) is 18.5 Å². The van der Waals surface area contributed by atoms with Crippen LogP contribution < -0.4 is 5.32 Å². The summed E-state index contributed by atoms with van der Waals surface area (Å²) in [6.07, 6.45) is 4.56. The first-order chi connectivity index (χ1) is 12.0. The van der Waals surface area contributed by atoms with Crippen molar-refractivity contribution in [1.29, 1.82) is 0 Å². The minimum Gasteiger partial charge on any atom is -0.472 e. The fourth-order valence-electron chi connectivity index (χ4n) is 3.14. The van der Waals surface area contributed by atoms with Crippen molar-refractivity contribution in [2.75, 3.05) is 18.4 Å². The minimum atomic E-state index is -0.186. The molecule has 2 amide bonds. The first-order valence-electron chi connectivity index (χ1n) is 8.77. The molecule has 0 saturated carbocycles. The second kappa shape index (κ2) is 7.55. The number of hydrogen-bond acceptors (Lipinski definition) is 3. The predicted octanol–water partition coefficient (Wildman–Crippen LogP) is 3.89. The summed E-state index contributed by atoms with van der Waals surface area (Å²) in [5.41, 5.74) is 2.57. The Labute approximate surface area is 148 Å². The first kappa shape index (κ1) is 17.3. The van der Waals surface area contributed by atoms with Crippen molar-refractivity contribution < 1.29 is 14.0 Å². The second-order valence-corrected chi connectivity index (χ2v) is 6.87. The Balaban J connectivity index is 1.61. The largest absolute Gasteiger partial charge is 0.472 e. The molecule has 2 heterocycles. The van der Waals surface area contributed by atoms with E-state index in [2.05, 4.69) is 19.2 Å². The van der Waals surface area contributed by atoms with Crippen molar-refractivity contribution in [3.05, 3.63) is 54.0 Å². The summed E-state index contributed by atoms with van der Waals surface area (Å²) < 4.78 is 4.98. The minimum absolute atomic E-state index is 0.0259. The molecule has 0 aliphatic carbocycles. The van der Waals surface area contributed by atoms with E-state index >= 15 is 0 Å². The summed E-state index contributed by atoms with van der Waals surface area (Å²) in [4.78, 5) is 26.7. The van der Waals surface area contributed by atoms with Gasteiger partial charge in [-0.1, -0.05) is 26.0 Å². The smallest absolute Gasteiger partial charge is 0.257 e. The number of rotatable bonds is 4. The average Bonchev–Trinajstić information content (AvgIpc) is 3.16. The van der Waals surface area contributed by atoms with Crippen molar-refractivity contribution in [2.24, 2.45) is 5.92 Å². The van der Waals surface area contributed by atoms with E-state index in [1.165, 1.54) is 18.1 Å². The van der Waals surface area contributed by atoms with Crippen LogP contribution in [0.2, 0.25) is 0 Å². The third-order valence-electron chi connectivity index (χ3n) is 4.69. The van der Waals surface area contributed by atoms with Crippen LogP contribution in [0.15, 0.2) is 47.3 Å². The van der Waals surface area contributed by atoms with E-state index in [4.69, 9.17) is 4.42 Å². The number of anilines is 1. The highest BCUT2D eigenvalue weighted by molar-refractivity contribution is 5.96. The maximum Gasteiger partial charge on any atom is 0.257 e. The second-order valence-electron chi connectivity index (χ2n) is 6.87. The molecule has 1 fully saturated rings. The highest BCUT2D eigenvalue weighted by Crippen LogP contribution is 2.22. The molecule has 5 nitrogen and oxygen atoms in total. The van der Waals surface area contributed by atoms with Crippen LogP contribution >= 0.6 is 0 Å². The lowest BCUT2D eigenvalue weighted by molar-refractivity contribution is -0.121. The lowest BCUT2D eigenvalue weighted by Crippen LogP contribution is -2.43. The van der Waals surface area contributed by atoms with Crippen LogP contribution in [0.25, 0.3) is 0 Å². The number of carbonyl (C=O) groups excluding carboxylic acids is 2. The summed E-state index contributed by atoms with van der Waals surface area (Å²) in [6.45, 7) is 5.40. The van der Waals surface area contributed by atoms with Crippen molar-refractivity contribution in [1.82, 2.24) is 4.90 Å². The fourth-order valence-corrected chi connectivity index (χ4v) is 3.14. The first-order valence-corrected chi connectivity index (χ1v) is 8.77. The third kappa shape index (κ3) is 4.10. The number of piperidine rings is 1. The van der Waals surface area contributed by atoms with Crippen molar-refractivity contribution >= 4 is 17.5 Å². The maximum absolute atomic E-state index is 12.6. The summed E-state index contributed by atoms with van der Waals surface area (Å²) in [7, 11) is 0. The molecule has 1 atom stereocenters. The van der Waals surface area contributed by atoms with Gasteiger partial charge in [0.1, 0.15) is 6.26 Å². The van der Waals surface area contributed by atoms with E-state index in [1.807, 2.05) is 24.3 Å². The normalized spacial score (nSPS) is 17.6. The Bertz CT molecular complexity index is 720. The Morgan fingerprint density at radius 3 is 2.60 bits per heavy atom. The van der Waals surface area contributed by atoms with Crippen LogP contribution in [0.4, 0.5) is 5.69 Å². The van der Waals surface area contributed by atoms with Gasteiger partial charge in [0.2, 0.25) is 5.91 Å². The monoisotopic (exact) mass is 340 g/mol. The number of likely N-dealkylation sites (tertiary alicyclic amines) is 1. The topological polar surface area (TPSA) is 62.6 Å². The molecule has 1 N–H and O–H groups in total.